The van der Waals surface area contributed by atoms with E-state index in [2.05, 4.69) is 10.4 Å². The van der Waals surface area contributed by atoms with Crippen molar-refractivity contribution in [3.05, 3.63) is 17.7 Å². The predicted octanol–water partition coefficient (Wildman–Crippen LogP) is 2.00. The predicted molar refractivity (Wildman–Crippen MR) is 69.3 cm³/mol. The third-order valence-electron chi connectivity index (χ3n) is 3.19. The lowest BCUT2D eigenvalue weighted by Crippen LogP contribution is -2.48. The third kappa shape index (κ3) is 3.13. The van der Waals surface area contributed by atoms with Gasteiger partial charge in [0.25, 0.3) is 0 Å². The number of alkyl halides is 3. The molecule has 3 N–H and O–H groups in total. The van der Waals surface area contributed by atoms with Crippen molar-refractivity contribution in [3.63, 3.8) is 0 Å². The minimum absolute atomic E-state index is 0.0128. The van der Waals surface area contributed by atoms with Gasteiger partial charge >= 0.3 is 6.18 Å². The molecular weight excluding hydrogens is 273 g/mol. The zero-order chi connectivity index (χ0) is 14.9. The van der Waals surface area contributed by atoms with Gasteiger partial charge in [0.15, 0.2) is 0 Å². The molecule has 2 atom stereocenters. The van der Waals surface area contributed by atoms with E-state index in [1.54, 1.807) is 4.90 Å². The lowest BCUT2D eigenvalue weighted by atomic mass is 10.1. The van der Waals surface area contributed by atoms with E-state index < -0.39 is 11.7 Å². The van der Waals surface area contributed by atoms with Crippen LogP contribution in [0.3, 0.4) is 0 Å². The Morgan fingerprint density at radius 3 is 2.70 bits per heavy atom. The Morgan fingerprint density at radius 2 is 2.10 bits per heavy atom. The molecule has 0 aliphatic carbocycles. The maximum absolute atomic E-state index is 12.9. The van der Waals surface area contributed by atoms with E-state index in [4.69, 9.17) is 10.6 Å². The second-order valence-electron chi connectivity index (χ2n) is 4.89. The number of nitrogens with zero attached hydrogens (tertiary/aromatic N) is 2. The topological polar surface area (TPSA) is 63.4 Å². The molecule has 20 heavy (non-hydrogen) atoms. The summed E-state index contributed by atoms with van der Waals surface area (Å²) in [5.74, 6) is 5.43. The van der Waals surface area contributed by atoms with Crippen LogP contribution in [0.4, 0.5) is 24.8 Å². The van der Waals surface area contributed by atoms with Crippen molar-refractivity contribution < 1.29 is 17.9 Å². The number of halogens is 3. The Labute approximate surface area is 114 Å². The van der Waals surface area contributed by atoms with Crippen LogP contribution in [0.15, 0.2) is 12.1 Å². The fourth-order valence-electron chi connectivity index (χ4n) is 2.12. The number of nitrogens with one attached hydrogen (secondary N) is 1. The molecule has 112 valence electrons. The summed E-state index contributed by atoms with van der Waals surface area (Å²) in [5, 5.41) is 0. The average molecular weight is 290 g/mol. The molecule has 1 aliphatic rings. The van der Waals surface area contributed by atoms with E-state index in [0.717, 1.165) is 12.1 Å². The van der Waals surface area contributed by atoms with Gasteiger partial charge in [0.2, 0.25) is 0 Å². The van der Waals surface area contributed by atoms with Gasteiger partial charge in [0.05, 0.1) is 24.3 Å². The molecule has 0 bridgehead atoms. The van der Waals surface area contributed by atoms with E-state index in [1.165, 1.54) is 0 Å². The SMILES string of the molecule is CC1CN(c2cc(C(F)(F)F)cc(NN)n2)C(C)CO1. The van der Waals surface area contributed by atoms with Crippen molar-refractivity contribution in [2.45, 2.75) is 32.2 Å². The molecule has 1 aromatic heterocycles. The highest BCUT2D eigenvalue weighted by Gasteiger charge is 2.33. The lowest BCUT2D eigenvalue weighted by Gasteiger charge is -2.38. The van der Waals surface area contributed by atoms with Crippen LogP contribution in [0.2, 0.25) is 0 Å². The summed E-state index contributed by atoms with van der Waals surface area (Å²) >= 11 is 0. The van der Waals surface area contributed by atoms with Crippen LogP contribution >= 0.6 is 0 Å². The number of nitrogens with two attached hydrogens (primary N) is 1. The highest BCUT2D eigenvalue weighted by atomic mass is 19.4. The molecule has 1 aliphatic heterocycles. The average Bonchev–Trinajstić information content (AvgIpc) is 2.40. The number of nitrogen functional groups attached to an aromatic ring is 1. The summed E-state index contributed by atoms with van der Waals surface area (Å²) in [4.78, 5) is 5.90. The Balaban J connectivity index is 2.39. The van der Waals surface area contributed by atoms with Crippen molar-refractivity contribution in [1.29, 1.82) is 0 Å². The molecule has 0 aromatic carbocycles. The van der Waals surface area contributed by atoms with Gasteiger partial charge < -0.3 is 15.1 Å². The minimum Gasteiger partial charge on any atom is -0.375 e. The van der Waals surface area contributed by atoms with Gasteiger partial charge in [-0.25, -0.2) is 10.8 Å². The first-order chi connectivity index (χ1) is 9.31. The minimum atomic E-state index is -4.44. The molecule has 1 saturated heterocycles. The normalized spacial score (nSPS) is 23.8. The fraction of sp³-hybridized carbons (Fsp3) is 0.583. The summed E-state index contributed by atoms with van der Waals surface area (Å²) in [5.41, 5.74) is 1.40. The molecule has 8 heteroatoms. The second kappa shape index (κ2) is 5.45. The van der Waals surface area contributed by atoms with Crippen LogP contribution in [-0.4, -0.2) is 30.3 Å². The lowest BCUT2D eigenvalue weighted by molar-refractivity contribution is -0.137. The summed E-state index contributed by atoms with van der Waals surface area (Å²) in [6.07, 6.45) is -4.50. The maximum atomic E-state index is 12.9. The number of ether oxygens (including phenoxy) is 1. The maximum Gasteiger partial charge on any atom is 0.416 e. The van der Waals surface area contributed by atoms with Crippen molar-refractivity contribution in [3.8, 4) is 0 Å². The van der Waals surface area contributed by atoms with Crippen LogP contribution in [-0.2, 0) is 10.9 Å². The molecule has 0 amide bonds. The molecule has 1 aromatic rings. The van der Waals surface area contributed by atoms with Crippen LogP contribution < -0.4 is 16.2 Å². The number of hydrogen-bond acceptors (Lipinski definition) is 5. The molecule has 5 nitrogen and oxygen atoms in total. The first kappa shape index (κ1) is 14.9. The number of morpholine rings is 1. The number of aromatic nitrogens is 1. The molecule has 2 heterocycles. The smallest absolute Gasteiger partial charge is 0.375 e. The van der Waals surface area contributed by atoms with Gasteiger partial charge in [-0.2, -0.15) is 13.2 Å². The number of pyridine rings is 1. The Morgan fingerprint density at radius 1 is 1.40 bits per heavy atom. The Bertz CT molecular complexity index is 480. The summed E-state index contributed by atoms with van der Waals surface area (Å²) in [6, 6.07) is 1.88. The Kier molecular flexibility index (Phi) is 4.05. The largest absolute Gasteiger partial charge is 0.416 e. The number of anilines is 2. The van der Waals surface area contributed by atoms with Gasteiger partial charge in [0.1, 0.15) is 11.6 Å². The van der Waals surface area contributed by atoms with Crippen molar-refractivity contribution in [2.24, 2.45) is 5.84 Å². The second-order valence-corrected chi connectivity index (χ2v) is 4.89. The van der Waals surface area contributed by atoms with Gasteiger partial charge in [-0.1, -0.05) is 0 Å². The number of hydrogen-bond donors (Lipinski definition) is 2. The van der Waals surface area contributed by atoms with Gasteiger partial charge in [0, 0.05) is 6.54 Å². The quantitative estimate of drug-likeness (QED) is 0.644. The van der Waals surface area contributed by atoms with E-state index in [1.807, 2.05) is 13.8 Å². The first-order valence-corrected chi connectivity index (χ1v) is 6.25. The highest BCUT2D eigenvalue weighted by molar-refractivity contribution is 5.51. The van der Waals surface area contributed by atoms with Crippen molar-refractivity contribution in [2.75, 3.05) is 23.5 Å². The van der Waals surface area contributed by atoms with E-state index in [0.29, 0.717) is 13.2 Å². The molecule has 0 spiro atoms. The van der Waals surface area contributed by atoms with Crippen LogP contribution in [0, 0.1) is 0 Å². The first-order valence-electron chi connectivity index (χ1n) is 6.25. The zero-order valence-electron chi connectivity index (χ0n) is 11.2. The fourth-order valence-corrected chi connectivity index (χ4v) is 2.12. The molecule has 2 rings (SSSR count). The molecule has 0 saturated carbocycles. The third-order valence-corrected chi connectivity index (χ3v) is 3.19. The van der Waals surface area contributed by atoms with E-state index in [-0.39, 0.29) is 23.8 Å². The molecule has 1 fully saturated rings. The van der Waals surface area contributed by atoms with E-state index >= 15 is 0 Å². The van der Waals surface area contributed by atoms with Crippen LogP contribution in [0.1, 0.15) is 19.4 Å². The van der Waals surface area contributed by atoms with Crippen LogP contribution in [0.5, 0.6) is 0 Å². The summed E-state index contributed by atoms with van der Waals surface area (Å²) in [6.45, 7) is 4.68. The van der Waals surface area contributed by atoms with E-state index in [9.17, 15) is 13.2 Å². The Hall–Kier alpha value is -1.54. The summed E-state index contributed by atoms with van der Waals surface area (Å²) < 4.78 is 44.1. The van der Waals surface area contributed by atoms with Crippen molar-refractivity contribution >= 4 is 11.6 Å². The summed E-state index contributed by atoms with van der Waals surface area (Å²) in [7, 11) is 0. The zero-order valence-corrected chi connectivity index (χ0v) is 11.2. The van der Waals surface area contributed by atoms with Crippen LogP contribution in [0.25, 0.3) is 0 Å². The van der Waals surface area contributed by atoms with Crippen molar-refractivity contribution in [1.82, 2.24) is 4.98 Å². The standard InChI is InChI=1S/C12H17F3N4O/c1-7-6-20-8(2)5-19(7)11-4-9(12(13,14)15)3-10(17-11)18-16/h3-4,7-8H,5-6,16H2,1-2H3,(H,17,18). The van der Waals surface area contributed by atoms with Gasteiger partial charge in [-0.3, -0.25) is 0 Å². The molecule has 2 unspecified atom stereocenters. The molecular formula is C12H17F3N4O. The highest BCUT2D eigenvalue weighted by Crippen LogP contribution is 2.33. The monoisotopic (exact) mass is 290 g/mol. The van der Waals surface area contributed by atoms with Gasteiger partial charge in [-0.05, 0) is 26.0 Å². The molecule has 0 radical (unpaired) electrons. The number of rotatable bonds is 2. The number of hydrazine groups is 1. The van der Waals surface area contributed by atoms with Gasteiger partial charge in [-0.15, -0.1) is 0 Å².